The van der Waals surface area contributed by atoms with Crippen LogP contribution in [0.5, 0.6) is 0 Å². The quantitative estimate of drug-likeness (QED) is 0.845. The first kappa shape index (κ1) is 14.4. The first-order chi connectivity index (χ1) is 6.56. The van der Waals surface area contributed by atoms with Crippen LogP contribution in [0.1, 0.15) is 37.4 Å². The minimum atomic E-state index is -0.194. The van der Waals surface area contributed by atoms with E-state index >= 15 is 0 Å². The molecule has 0 heterocycles. The monoisotopic (exact) mass is 231 g/mol. The van der Waals surface area contributed by atoms with E-state index in [1.54, 1.807) is 6.07 Å². The number of hydrogen-bond donors (Lipinski definition) is 1. The van der Waals surface area contributed by atoms with Gasteiger partial charge in [-0.2, -0.15) is 0 Å². The van der Waals surface area contributed by atoms with E-state index in [1.807, 2.05) is 19.9 Å². The highest BCUT2D eigenvalue weighted by molar-refractivity contribution is 5.85. The van der Waals surface area contributed by atoms with Gasteiger partial charge in [0.05, 0.1) is 0 Å². The van der Waals surface area contributed by atoms with Crippen LogP contribution in [0, 0.1) is 18.7 Å². The summed E-state index contributed by atoms with van der Waals surface area (Å²) in [4.78, 5) is 0. The summed E-state index contributed by atoms with van der Waals surface area (Å²) in [6.07, 6.45) is 0.967. The molecule has 2 atom stereocenters. The van der Waals surface area contributed by atoms with Crippen molar-refractivity contribution in [2.75, 3.05) is 0 Å². The molecule has 0 bridgehead atoms. The van der Waals surface area contributed by atoms with Crippen LogP contribution in [0.2, 0.25) is 0 Å². The third-order valence-corrected chi connectivity index (χ3v) is 2.77. The molecule has 0 spiro atoms. The van der Waals surface area contributed by atoms with Gasteiger partial charge in [-0.1, -0.05) is 32.4 Å². The van der Waals surface area contributed by atoms with Crippen molar-refractivity contribution in [1.29, 1.82) is 0 Å². The summed E-state index contributed by atoms with van der Waals surface area (Å²) in [6.45, 7) is 5.99. The molecule has 2 N–H and O–H groups in total. The molecule has 0 amide bonds. The summed E-state index contributed by atoms with van der Waals surface area (Å²) in [5, 5.41) is 0. The number of benzene rings is 1. The van der Waals surface area contributed by atoms with Crippen molar-refractivity contribution >= 4 is 12.4 Å². The molecule has 1 aromatic rings. The summed E-state index contributed by atoms with van der Waals surface area (Å²) in [7, 11) is 0. The third kappa shape index (κ3) is 3.47. The van der Waals surface area contributed by atoms with E-state index in [9.17, 15) is 4.39 Å². The number of aryl methyl sites for hydroxylation is 1. The maximum Gasteiger partial charge on any atom is 0.128 e. The zero-order valence-corrected chi connectivity index (χ0v) is 10.3. The summed E-state index contributed by atoms with van der Waals surface area (Å²) in [5.41, 5.74) is 7.52. The van der Waals surface area contributed by atoms with E-state index in [4.69, 9.17) is 5.73 Å². The lowest BCUT2D eigenvalue weighted by Gasteiger charge is -2.19. The smallest absolute Gasteiger partial charge is 0.128 e. The molecule has 1 unspecified atom stereocenters. The van der Waals surface area contributed by atoms with Crippen molar-refractivity contribution in [3.05, 3.63) is 35.1 Å². The van der Waals surface area contributed by atoms with Crippen molar-refractivity contribution in [1.82, 2.24) is 0 Å². The van der Waals surface area contributed by atoms with Crippen molar-refractivity contribution in [3.8, 4) is 0 Å². The van der Waals surface area contributed by atoms with Crippen LogP contribution < -0.4 is 5.73 Å². The molecule has 15 heavy (non-hydrogen) atoms. The van der Waals surface area contributed by atoms with Crippen molar-refractivity contribution in [2.24, 2.45) is 11.7 Å². The minimum absolute atomic E-state index is 0. The Kier molecular flexibility index (Phi) is 5.84. The Morgan fingerprint density at radius 1 is 1.40 bits per heavy atom. The zero-order chi connectivity index (χ0) is 10.7. The second kappa shape index (κ2) is 6.09. The Labute approximate surface area is 97.3 Å². The lowest BCUT2D eigenvalue weighted by molar-refractivity contribution is 0.439. The van der Waals surface area contributed by atoms with E-state index in [0.29, 0.717) is 11.5 Å². The summed E-state index contributed by atoms with van der Waals surface area (Å²) >= 11 is 0. The molecule has 0 fully saturated rings. The molecular weight excluding hydrogens is 213 g/mol. The average Bonchev–Trinajstić information content (AvgIpc) is 2.15. The summed E-state index contributed by atoms with van der Waals surface area (Å²) < 4.78 is 13.5. The molecule has 0 aliphatic heterocycles. The number of rotatable bonds is 3. The Bertz CT molecular complexity index is 314. The first-order valence-corrected chi connectivity index (χ1v) is 5.08. The molecule has 1 rings (SSSR count). The van der Waals surface area contributed by atoms with Gasteiger partial charge in [-0.15, -0.1) is 12.4 Å². The van der Waals surface area contributed by atoms with Gasteiger partial charge in [-0.05, 0) is 24.5 Å². The molecule has 0 radical (unpaired) electrons. The highest BCUT2D eigenvalue weighted by Gasteiger charge is 2.16. The molecule has 0 aliphatic carbocycles. The van der Waals surface area contributed by atoms with Crippen LogP contribution in [-0.4, -0.2) is 0 Å². The Morgan fingerprint density at radius 2 is 2.00 bits per heavy atom. The van der Waals surface area contributed by atoms with Gasteiger partial charge in [0.25, 0.3) is 0 Å². The molecule has 86 valence electrons. The fourth-order valence-electron chi connectivity index (χ4n) is 1.46. The van der Waals surface area contributed by atoms with Gasteiger partial charge in [0.1, 0.15) is 5.82 Å². The van der Waals surface area contributed by atoms with Gasteiger partial charge in [-0.25, -0.2) is 4.39 Å². The summed E-state index contributed by atoms with van der Waals surface area (Å²) in [6, 6.07) is 5.04. The lowest BCUT2D eigenvalue weighted by Crippen LogP contribution is -2.19. The van der Waals surface area contributed by atoms with E-state index in [1.165, 1.54) is 6.07 Å². The molecule has 0 aromatic heterocycles. The lowest BCUT2D eigenvalue weighted by atomic mass is 9.92. The van der Waals surface area contributed by atoms with Gasteiger partial charge in [0.2, 0.25) is 0 Å². The van der Waals surface area contributed by atoms with Crippen LogP contribution in [0.25, 0.3) is 0 Å². The number of nitrogens with two attached hydrogens (primary N) is 1. The van der Waals surface area contributed by atoms with Crippen LogP contribution >= 0.6 is 12.4 Å². The minimum Gasteiger partial charge on any atom is -0.324 e. The van der Waals surface area contributed by atoms with Gasteiger partial charge in [-0.3, -0.25) is 0 Å². The van der Waals surface area contributed by atoms with E-state index in [2.05, 4.69) is 6.92 Å². The van der Waals surface area contributed by atoms with Crippen molar-refractivity contribution < 1.29 is 4.39 Å². The van der Waals surface area contributed by atoms with E-state index in [0.717, 1.165) is 12.0 Å². The van der Waals surface area contributed by atoms with E-state index < -0.39 is 0 Å². The third-order valence-electron chi connectivity index (χ3n) is 2.77. The predicted molar refractivity (Wildman–Crippen MR) is 64.8 cm³/mol. The Hall–Kier alpha value is -0.600. The van der Waals surface area contributed by atoms with Gasteiger partial charge < -0.3 is 5.73 Å². The first-order valence-electron chi connectivity index (χ1n) is 5.08. The number of hydrogen-bond acceptors (Lipinski definition) is 1. The SMILES string of the molecule is CCC(C)[C@@H](N)c1ccc(C)cc1F.Cl. The van der Waals surface area contributed by atoms with Crippen molar-refractivity contribution in [2.45, 2.75) is 33.2 Å². The van der Waals surface area contributed by atoms with Gasteiger partial charge >= 0.3 is 0 Å². The van der Waals surface area contributed by atoms with Gasteiger partial charge in [0, 0.05) is 11.6 Å². The van der Waals surface area contributed by atoms with Crippen molar-refractivity contribution in [3.63, 3.8) is 0 Å². The van der Waals surface area contributed by atoms with Crippen LogP contribution in [-0.2, 0) is 0 Å². The average molecular weight is 232 g/mol. The van der Waals surface area contributed by atoms with Crippen LogP contribution in [0.15, 0.2) is 18.2 Å². The Balaban J connectivity index is 0.00000196. The molecule has 0 saturated heterocycles. The second-order valence-corrected chi connectivity index (χ2v) is 3.94. The topological polar surface area (TPSA) is 26.0 Å². The molecular formula is C12H19ClFN. The maximum absolute atomic E-state index is 13.5. The standard InChI is InChI=1S/C12H18FN.ClH/c1-4-9(3)12(14)10-6-5-8(2)7-11(10)13;/h5-7,9,12H,4,14H2,1-3H3;1H/t9?,12-;/m1./s1. The summed E-state index contributed by atoms with van der Waals surface area (Å²) in [5.74, 6) is 0.130. The maximum atomic E-state index is 13.5. The van der Waals surface area contributed by atoms with Crippen LogP contribution in [0.4, 0.5) is 4.39 Å². The zero-order valence-electron chi connectivity index (χ0n) is 9.46. The highest BCUT2D eigenvalue weighted by Crippen LogP contribution is 2.24. The molecule has 3 heteroatoms. The molecule has 1 nitrogen and oxygen atoms in total. The normalized spacial score (nSPS) is 14.2. The Morgan fingerprint density at radius 3 is 2.47 bits per heavy atom. The highest BCUT2D eigenvalue weighted by atomic mass is 35.5. The predicted octanol–water partition coefficient (Wildman–Crippen LogP) is 3.60. The van der Waals surface area contributed by atoms with Gasteiger partial charge in [0.15, 0.2) is 0 Å². The fraction of sp³-hybridized carbons (Fsp3) is 0.500. The molecule has 0 saturated carbocycles. The fourth-order valence-corrected chi connectivity index (χ4v) is 1.46. The van der Waals surface area contributed by atoms with Crippen LogP contribution in [0.3, 0.4) is 0 Å². The largest absolute Gasteiger partial charge is 0.324 e. The van der Waals surface area contributed by atoms with E-state index in [-0.39, 0.29) is 24.3 Å². The number of halogens is 2. The molecule has 1 aromatic carbocycles. The second-order valence-electron chi connectivity index (χ2n) is 3.94. The molecule has 0 aliphatic rings.